The summed E-state index contributed by atoms with van der Waals surface area (Å²) in [6, 6.07) is 5.70. The lowest BCUT2D eigenvalue weighted by molar-refractivity contribution is 0.0697. The van der Waals surface area contributed by atoms with Gasteiger partial charge in [-0.25, -0.2) is 9.59 Å². The van der Waals surface area contributed by atoms with Crippen LogP contribution in [0.2, 0.25) is 0 Å². The molecule has 1 aromatic rings. The van der Waals surface area contributed by atoms with E-state index in [1.54, 1.807) is 6.26 Å². The van der Waals surface area contributed by atoms with E-state index in [0.717, 1.165) is 12.0 Å². The topological polar surface area (TPSA) is 63.6 Å². The number of carbonyl (C=O) groups excluding carboxylic acids is 1. The Bertz CT molecular complexity index is 362. The van der Waals surface area contributed by atoms with Crippen LogP contribution < -0.4 is 0 Å². The lowest BCUT2D eigenvalue weighted by Gasteiger charge is -2.00. The fourth-order valence-electron chi connectivity index (χ4n) is 0.903. The first-order chi connectivity index (χ1) is 6.65. The fourth-order valence-corrected chi connectivity index (χ4v) is 1.15. The molecule has 0 unspecified atom stereocenters. The van der Waals surface area contributed by atoms with Crippen molar-refractivity contribution in [2.24, 2.45) is 0 Å². The molecule has 5 heteroatoms. The summed E-state index contributed by atoms with van der Waals surface area (Å²) in [5, 5.41) is 8.66. The van der Waals surface area contributed by atoms with Crippen molar-refractivity contribution in [2.75, 3.05) is 6.26 Å². The van der Waals surface area contributed by atoms with E-state index in [9.17, 15) is 9.59 Å². The second kappa shape index (κ2) is 4.66. The minimum absolute atomic E-state index is 0.0700. The van der Waals surface area contributed by atoms with Crippen LogP contribution in [-0.2, 0) is 4.18 Å². The molecule has 0 amide bonds. The molecule has 0 saturated heterocycles. The highest BCUT2D eigenvalue weighted by atomic mass is 32.2. The van der Waals surface area contributed by atoms with Crippen LogP contribution in [-0.4, -0.2) is 23.3 Å². The largest absolute Gasteiger partial charge is 0.478 e. The molecule has 0 aliphatic heterocycles. The zero-order valence-corrected chi connectivity index (χ0v) is 8.21. The molecule has 0 radical (unpaired) electrons. The first-order valence-corrected chi connectivity index (χ1v) is 4.88. The first kappa shape index (κ1) is 10.6. The van der Waals surface area contributed by atoms with E-state index in [4.69, 9.17) is 5.11 Å². The van der Waals surface area contributed by atoms with Crippen LogP contribution in [0.25, 0.3) is 0 Å². The Labute approximate surface area is 85.1 Å². The molecular weight excluding hydrogens is 204 g/mol. The number of rotatable bonds is 3. The lowest BCUT2D eigenvalue weighted by atomic mass is 10.1. The van der Waals surface area contributed by atoms with Gasteiger partial charge in [-0.15, -0.1) is 0 Å². The number of aromatic carboxylic acids is 1. The van der Waals surface area contributed by atoms with Gasteiger partial charge in [-0.2, -0.15) is 0 Å². The van der Waals surface area contributed by atoms with Crippen molar-refractivity contribution >= 4 is 24.0 Å². The average molecular weight is 212 g/mol. The van der Waals surface area contributed by atoms with Gasteiger partial charge in [-0.05, 0) is 18.2 Å². The van der Waals surface area contributed by atoms with Crippen molar-refractivity contribution in [3.8, 4) is 0 Å². The minimum atomic E-state index is -1.07. The summed E-state index contributed by atoms with van der Waals surface area (Å²) in [5.41, 5.74) is 0.305. The highest BCUT2D eigenvalue weighted by molar-refractivity contribution is 7.94. The lowest BCUT2D eigenvalue weighted by Crippen LogP contribution is -2.03. The van der Waals surface area contributed by atoms with E-state index in [0.29, 0.717) is 0 Å². The standard InChI is InChI=1S/C9H8O4S/c1-14-13-9(12)7-4-2-3-6(5-7)8(10)11/h2-5H,1H3,(H,10,11). The maximum atomic E-state index is 11.2. The summed E-state index contributed by atoms with van der Waals surface area (Å²) >= 11 is 0.922. The number of benzene rings is 1. The van der Waals surface area contributed by atoms with Crippen molar-refractivity contribution < 1.29 is 18.9 Å². The van der Waals surface area contributed by atoms with E-state index >= 15 is 0 Å². The third kappa shape index (κ3) is 2.50. The van der Waals surface area contributed by atoms with Crippen molar-refractivity contribution in [1.82, 2.24) is 0 Å². The fraction of sp³-hybridized carbons (Fsp3) is 0.111. The molecule has 0 aliphatic rings. The Morgan fingerprint density at radius 3 is 2.57 bits per heavy atom. The zero-order valence-electron chi connectivity index (χ0n) is 7.39. The number of hydrogen-bond acceptors (Lipinski definition) is 4. The normalized spacial score (nSPS) is 9.50. The van der Waals surface area contributed by atoms with Gasteiger partial charge in [0.25, 0.3) is 0 Å². The molecule has 0 aromatic heterocycles. The van der Waals surface area contributed by atoms with Crippen molar-refractivity contribution in [3.05, 3.63) is 35.4 Å². The summed E-state index contributed by atoms with van der Waals surface area (Å²) in [6.45, 7) is 0. The van der Waals surface area contributed by atoms with Gasteiger partial charge in [0.15, 0.2) is 0 Å². The van der Waals surface area contributed by atoms with Gasteiger partial charge in [0.05, 0.1) is 23.2 Å². The van der Waals surface area contributed by atoms with Crippen LogP contribution in [0, 0.1) is 0 Å². The van der Waals surface area contributed by atoms with Gasteiger partial charge in [-0.1, -0.05) is 6.07 Å². The molecule has 0 spiro atoms. The SMILES string of the molecule is CSOC(=O)c1cccc(C(=O)O)c1. The number of carboxylic acid groups (broad SMARTS) is 1. The zero-order chi connectivity index (χ0) is 10.6. The van der Waals surface area contributed by atoms with Gasteiger partial charge in [0.1, 0.15) is 0 Å². The molecule has 0 atom stereocenters. The molecule has 0 aliphatic carbocycles. The average Bonchev–Trinajstić information content (AvgIpc) is 2.18. The predicted molar refractivity (Wildman–Crippen MR) is 52.3 cm³/mol. The molecule has 0 bridgehead atoms. The minimum Gasteiger partial charge on any atom is -0.478 e. The third-order valence-electron chi connectivity index (χ3n) is 1.50. The summed E-state index contributed by atoms with van der Waals surface area (Å²) < 4.78 is 4.65. The molecule has 74 valence electrons. The second-order valence-corrected chi connectivity index (χ2v) is 2.92. The van der Waals surface area contributed by atoms with Gasteiger partial charge >= 0.3 is 11.9 Å². The Morgan fingerprint density at radius 2 is 2.00 bits per heavy atom. The van der Waals surface area contributed by atoms with Crippen LogP contribution >= 0.6 is 12.0 Å². The number of carboxylic acids is 1. The predicted octanol–water partition coefficient (Wildman–Crippen LogP) is 1.82. The Balaban J connectivity index is 2.93. The highest BCUT2D eigenvalue weighted by Gasteiger charge is 2.09. The van der Waals surface area contributed by atoms with Gasteiger partial charge < -0.3 is 9.29 Å². The van der Waals surface area contributed by atoms with E-state index in [1.807, 2.05) is 0 Å². The van der Waals surface area contributed by atoms with E-state index in [-0.39, 0.29) is 11.1 Å². The molecule has 1 aromatic carbocycles. The molecule has 0 fully saturated rings. The number of hydrogen-bond donors (Lipinski definition) is 1. The Kier molecular flexibility index (Phi) is 3.53. The van der Waals surface area contributed by atoms with Crippen LogP contribution in [0.4, 0.5) is 0 Å². The van der Waals surface area contributed by atoms with Crippen LogP contribution in [0.15, 0.2) is 24.3 Å². The van der Waals surface area contributed by atoms with Crippen molar-refractivity contribution in [3.63, 3.8) is 0 Å². The maximum absolute atomic E-state index is 11.2. The molecule has 14 heavy (non-hydrogen) atoms. The second-order valence-electron chi connectivity index (χ2n) is 2.42. The van der Waals surface area contributed by atoms with Gasteiger partial charge in [0, 0.05) is 6.26 Å². The quantitative estimate of drug-likeness (QED) is 0.774. The summed E-state index contributed by atoms with van der Waals surface area (Å²) in [4.78, 5) is 21.8. The van der Waals surface area contributed by atoms with E-state index in [2.05, 4.69) is 4.18 Å². The van der Waals surface area contributed by atoms with Crippen molar-refractivity contribution in [1.29, 1.82) is 0 Å². The third-order valence-corrected chi connectivity index (χ3v) is 1.82. The first-order valence-electron chi connectivity index (χ1n) is 3.73. The smallest absolute Gasteiger partial charge is 0.350 e. The Morgan fingerprint density at radius 1 is 1.36 bits per heavy atom. The van der Waals surface area contributed by atoms with Crippen LogP contribution in [0.5, 0.6) is 0 Å². The molecular formula is C9H8O4S. The molecule has 4 nitrogen and oxygen atoms in total. The summed E-state index contributed by atoms with van der Waals surface area (Å²) in [7, 11) is 0. The van der Waals surface area contributed by atoms with Crippen LogP contribution in [0.3, 0.4) is 0 Å². The van der Waals surface area contributed by atoms with Crippen LogP contribution in [0.1, 0.15) is 20.7 Å². The molecule has 0 saturated carbocycles. The molecule has 1 rings (SSSR count). The summed E-state index contributed by atoms with van der Waals surface area (Å²) in [6.07, 6.45) is 1.61. The maximum Gasteiger partial charge on any atom is 0.350 e. The van der Waals surface area contributed by atoms with Gasteiger partial charge in [-0.3, -0.25) is 0 Å². The Hall–Kier alpha value is -1.49. The van der Waals surface area contributed by atoms with E-state index < -0.39 is 11.9 Å². The summed E-state index contributed by atoms with van der Waals surface area (Å²) in [5.74, 6) is -1.61. The number of carbonyl (C=O) groups is 2. The monoisotopic (exact) mass is 212 g/mol. The molecule has 0 heterocycles. The highest BCUT2D eigenvalue weighted by Crippen LogP contribution is 2.09. The van der Waals surface area contributed by atoms with Gasteiger partial charge in [0.2, 0.25) is 0 Å². The van der Waals surface area contributed by atoms with E-state index in [1.165, 1.54) is 24.3 Å². The molecule has 1 N–H and O–H groups in total. The van der Waals surface area contributed by atoms with Crippen molar-refractivity contribution in [2.45, 2.75) is 0 Å².